The molecule has 0 N–H and O–H groups in total. The summed E-state index contributed by atoms with van der Waals surface area (Å²) in [7, 11) is 0. The molecule has 0 amide bonds. The van der Waals surface area contributed by atoms with Crippen LogP contribution in [0.25, 0.3) is 0 Å². The Bertz CT molecular complexity index is 352. The molecule has 0 aliphatic carbocycles. The fourth-order valence-electron chi connectivity index (χ4n) is 1.22. The maximum atomic E-state index is 11.2. The van der Waals surface area contributed by atoms with E-state index in [0.717, 1.165) is 15.8 Å². The van der Waals surface area contributed by atoms with Gasteiger partial charge in [-0.1, -0.05) is 22.0 Å². The number of carbonyl (C=O) groups excluding carboxylic acids is 1. The van der Waals surface area contributed by atoms with Crippen LogP contribution in [-0.2, 0) is 11.2 Å². The predicted molar refractivity (Wildman–Crippen MR) is 64.7 cm³/mol. The van der Waals surface area contributed by atoms with E-state index < -0.39 is 0 Å². The van der Waals surface area contributed by atoms with Crippen LogP contribution >= 0.6 is 27.5 Å². The molecule has 82 valence electrons. The van der Waals surface area contributed by atoms with Gasteiger partial charge in [-0.25, -0.2) is 0 Å². The quantitative estimate of drug-likeness (QED) is 0.779. The lowest BCUT2D eigenvalue weighted by atomic mass is 10.1. The summed E-state index contributed by atoms with van der Waals surface area (Å²) in [6, 6.07) is 5.62. The number of carbonyl (C=O) groups is 1. The molecule has 4 heteroatoms. The molecule has 0 spiro atoms. The van der Waals surface area contributed by atoms with Gasteiger partial charge in [0.05, 0.1) is 12.5 Å². The Kier molecular flexibility index (Phi) is 5.12. The number of halogens is 2. The summed E-state index contributed by atoms with van der Waals surface area (Å²) >= 11 is 8.82. The van der Waals surface area contributed by atoms with Gasteiger partial charge in [0.1, 0.15) is 5.75 Å². The molecule has 0 saturated heterocycles. The summed E-state index contributed by atoms with van der Waals surface area (Å²) in [5, 5.41) is 0. The van der Waals surface area contributed by atoms with Crippen LogP contribution in [0.2, 0.25) is 0 Å². The van der Waals surface area contributed by atoms with Gasteiger partial charge in [-0.3, -0.25) is 4.79 Å². The third-order valence-electron chi connectivity index (χ3n) is 1.87. The van der Waals surface area contributed by atoms with Gasteiger partial charge in [0.15, 0.2) is 5.78 Å². The van der Waals surface area contributed by atoms with Crippen molar-refractivity contribution in [2.24, 2.45) is 0 Å². The van der Waals surface area contributed by atoms with E-state index in [1.54, 1.807) is 0 Å². The lowest BCUT2D eigenvalue weighted by Gasteiger charge is -2.09. The molecule has 1 aromatic carbocycles. The van der Waals surface area contributed by atoms with Crippen LogP contribution in [0.4, 0.5) is 0 Å². The van der Waals surface area contributed by atoms with Crippen molar-refractivity contribution < 1.29 is 9.53 Å². The van der Waals surface area contributed by atoms with Crippen molar-refractivity contribution in [3.63, 3.8) is 0 Å². The van der Waals surface area contributed by atoms with E-state index in [9.17, 15) is 4.79 Å². The molecule has 1 rings (SSSR count). The summed E-state index contributed by atoms with van der Waals surface area (Å²) in [6.45, 7) is 2.49. The first kappa shape index (κ1) is 12.5. The molecular formula is C11H12BrClO2. The van der Waals surface area contributed by atoms with Crippen LogP contribution in [0.3, 0.4) is 0 Å². The van der Waals surface area contributed by atoms with Crippen molar-refractivity contribution in [3.05, 3.63) is 28.2 Å². The Morgan fingerprint density at radius 2 is 2.27 bits per heavy atom. The Morgan fingerprint density at radius 3 is 2.87 bits per heavy atom. The highest BCUT2D eigenvalue weighted by molar-refractivity contribution is 9.10. The number of alkyl halides is 1. The van der Waals surface area contributed by atoms with Crippen molar-refractivity contribution >= 4 is 33.3 Å². The molecule has 0 heterocycles. The van der Waals surface area contributed by atoms with E-state index in [0.29, 0.717) is 13.0 Å². The zero-order chi connectivity index (χ0) is 11.3. The smallest absolute Gasteiger partial charge is 0.152 e. The number of hydrogen-bond donors (Lipinski definition) is 0. The zero-order valence-electron chi connectivity index (χ0n) is 8.43. The monoisotopic (exact) mass is 290 g/mol. The first-order valence-electron chi connectivity index (χ1n) is 4.66. The van der Waals surface area contributed by atoms with E-state index in [1.165, 1.54) is 0 Å². The van der Waals surface area contributed by atoms with Gasteiger partial charge in [0.2, 0.25) is 0 Å². The largest absolute Gasteiger partial charge is 0.494 e. The summed E-state index contributed by atoms with van der Waals surface area (Å²) in [5.41, 5.74) is 0.880. The average Bonchev–Trinajstić information content (AvgIpc) is 2.22. The summed E-state index contributed by atoms with van der Waals surface area (Å²) in [6.07, 6.45) is 0.326. The van der Waals surface area contributed by atoms with Crippen molar-refractivity contribution in [1.82, 2.24) is 0 Å². The molecule has 0 bridgehead atoms. The van der Waals surface area contributed by atoms with Gasteiger partial charge in [-0.15, -0.1) is 11.6 Å². The molecule has 0 atom stereocenters. The van der Waals surface area contributed by atoms with Crippen molar-refractivity contribution in [3.8, 4) is 5.75 Å². The van der Waals surface area contributed by atoms with Gasteiger partial charge in [0, 0.05) is 16.5 Å². The van der Waals surface area contributed by atoms with Crippen LogP contribution in [0.1, 0.15) is 12.5 Å². The standard InChI is InChI=1S/C11H12BrClO2/c1-2-15-11-6-9(12)4-3-8(11)5-10(14)7-13/h3-4,6H,2,5,7H2,1H3. The fraction of sp³-hybridized carbons (Fsp3) is 0.364. The minimum Gasteiger partial charge on any atom is -0.494 e. The first-order chi connectivity index (χ1) is 7.17. The van der Waals surface area contributed by atoms with Gasteiger partial charge in [-0.2, -0.15) is 0 Å². The number of rotatable bonds is 5. The van der Waals surface area contributed by atoms with E-state index in [4.69, 9.17) is 16.3 Å². The number of ether oxygens (including phenoxy) is 1. The highest BCUT2D eigenvalue weighted by atomic mass is 79.9. The van der Waals surface area contributed by atoms with Gasteiger partial charge < -0.3 is 4.74 Å². The topological polar surface area (TPSA) is 26.3 Å². The van der Waals surface area contributed by atoms with Crippen LogP contribution in [0.15, 0.2) is 22.7 Å². The number of Topliss-reactive ketones (excluding diaryl/α,β-unsaturated/α-hetero) is 1. The van der Waals surface area contributed by atoms with E-state index in [1.807, 2.05) is 25.1 Å². The zero-order valence-corrected chi connectivity index (χ0v) is 10.8. The number of hydrogen-bond acceptors (Lipinski definition) is 2. The van der Waals surface area contributed by atoms with Gasteiger partial charge >= 0.3 is 0 Å². The summed E-state index contributed by atoms with van der Waals surface area (Å²) < 4.78 is 6.38. The van der Waals surface area contributed by atoms with Gasteiger partial charge in [-0.05, 0) is 19.1 Å². The molecule has 0 fully saturated rings. The minimum atomic E-state index is -0.0000535. The molecule has 0 unspecified atom stereocenters. The molecule has 0 aliphatic rings. The second-order valence-electron chi connectivity index (χ2n) is 3.03. The summed E-state index contributed by atoms with van der Waals surface area (Å²) in [4.78, 5) is 11.2. The maximum Gasteiger partial charge on any atom is 0.152 e. The SMILES string of the molecule is CCOc1cc(Br)ccc1CC(=O)CCl. The van der Waals surface area contributed by atoms with Crippen LogP contribution in [-0.4, -0.2) is 18.3 Å². The van der Waals surface area contributed by atoms with E-state index in [-0.39, 0.29) is 11.7 Å². The molecule has 0 aliphatic heterocycles. The minimum absolute atomic E-state index is 0.0000535. The van der Waals surface area contributed by atoms with Gasteiger partial charge in [0.25, 0.3) is 0 Å². The lowest BCUT2D eigenvalue weighted by Crippen LogP contribution is -2.06. The first-order valence-corrected chi connectivity index (χ1v) is 5.99. The Hall–Kier alpha value is -0.540. The molecule has 15 heavy (non-hydrogen) atoms. The fourth-order valence-corrected chi connectivity index (χ4v) is 1.66. The van der Waals surface area contributed by atoms with Crippen LogP contribution in [0.5, 0.6) is 5.75 Å². The van der Waals surface area contributed by atoms with Crippen LogP contribution in [0, 0.1) is 0 Å². The molecule has 1 aromatic rings. The molecule has 0 saturated carbocycles. The normalized spacial score (nSPS) is 10.1. The molecular weight excluding hydrogens is 279 g/mol. The highest BCUT2D eigenvalue weighted by Gasteiger charge is 2.08. The summed E-state index contributed by atoms with van der Waals surface area (Å²) in [5.74, 6) is 0.784. The average molecular weight is 292 g/mol. The van der Waals surface area contributed by atoms with Crippen molar-refractivity contribution in [2.45, 2.75) is 13.3 Å². The Labute approximate surface area is 103 Å². The molecule has 2 nitrogen and oxygen atoms in total. The van der Waals surface area contributed by atoms with Crippen LogP contribution < -0.4 is 4.74 Å². The second kappa shape index (κ2) is 6.13. The predicted octanol–water partition coefficient (Wildman–Crippen LogP) is 3.20. The Balaban J connectivity index is 2.89. The molecule has 0 aromatic heterocycles. The number of benzene rings is 1. The molecule has 0 radical (unpaired) electrons. The third-order valence-corrected chi connectivity index (χ3v) is 2.66. The second-order valence-corrected chi connectivity index (χ2v) is 4.22. The van der Waals surface area contributed by atoms with Crippen molar-refractivity contribution in [1.29, 1.82) is 0 Å². The number of ketones is 1. The van der Waals surface area contributed by atoms with Crippen molar-refractivity contribution in [2.75, 3.05) is 12.5 Å². The van der Waals surface area contributed by atoms with E-state index in [2.05, 4.69) is 15.9 Å². The maximum absolute atomic E-state index is 11.2. The van der Waals surface area contributed by atoms with E-state index >= 15 is 0 Å². The Morgan fingerprint density at radius 1 is 1.53 bits per heavy atom. The lowest BCUT2D eigenvalue weighted by molar-refractivity contribution is -0.116. The third kappa shape index (κ3) is 3.84. The highest BCUT2D eigenvalue weighted by Crippen LogP contribution is 2.24.